The van der Waals surface area contributed by atoms with Crippen molar-refractivity contribution >= 4 is 0 Å². The topological polar surface area (TPSA) is 0 Å². The van der Waals surface area contributed by atoms with E-state index in [9.17, 15) is 0 Å². The zero-order valence-corrected chi connectivity index (χ0v) is 12.3. The van der Waals surface area contributed by atoms with E-state index >= 15 is 0 Å². The summed E-state index contributed by atoms with van der Waals surface area (Å²) < 4.78 is 0. The van der Waals surface area contributed by atoms with E-state index in [1.165, 1.54) is 11.1 Å². The Morgan fingerprint density at radius 1 is 0.833 bits per heavy atom. The van der Waals surface area contributed by atoms with Gasteiger partial charge in [0.2, 0.25) is 0 Å². The summed E-state index contributed by atoms with van der Waals surface area (Å²) in [6.45, 7) is 4.24. The van der Waals surface area contributed by atoms with Crippen LogP contribution in [-0.4, -0.2) is 0 Å². The molecule has 0 aliphatic heterocycles. The normalized spacial score (nSPS) is 6.33. The van der Waals surface area contributed by atoms with Crippen LogP contribution in [0.4, 0.5) is 0 Å². The maximum absolute atomic E-state index is 5.00. The van der Waals surface area contributed by atoms with Gasteiger partial charge < -0.3 is 12.8 Å². The van der Waals surface area contributed by atoms with Gasteiger partial charge in [-0.05, 0) is 25.0 Å². The monoisotopic (exact) mass is 176 g/mol. The molecule has 0 amide bonds. The fraction of sp³-hybridized carbons (Fsp3) is 0.200. The SMILES string of the molecule is Cc1ccccc1C.[C-]#[C-].[Na+].[Na+]. The van der Waals surface area contributed by atoms with Crippen molar-refractivity contribution in [2.24, 2.45) is 0 Å². The summed E-state index contributed by atoms with van der Waals surface area (Å²) in [5.41, 5.74) is 2.74. The molecule has 0 atom stereocenters. The first-order valence-electron chi connectivity index (χ1n) is 3.08. The molecule has 0 aliphatic rings. The molecule has 0 spiro atoms. The Balaban J connectivity index is -0.000000189. The molecular weight excluding hydrogens is 166 g/mol. The quantitative estimate of drug-likeness (QED) is 0.218. The average Bonchev–Trinajstić information content (AvgIpc) is 2.00. The molecule has 0 bridgehead atoms. The average molecular weight is 176 g/mol. The van der Waals surface area contributed by atoms with Gasteiger partial charge in [-0.2, -0.15) is 0 Å². The van der Waals surface area contributed by atoms with E-state index in [0.717, 1.165) is 0 Å². The van der Waals surface area contributed by atoms with E-state index < -0.39 is 0 Å². The Hall–Kier alpha value is 0.780. The molecule has 0 fully saturated rings. The maximum atomic E-state index is 5.00. The summed E-state index contributed by atoms with van der Waals surface area (Å²) in [4.78, 5) is 0. The second kappa shape index (κ2) is 11.8. The predicted molar refractivity (Wildman–Crippen MR) is 42.4 cm³/mol. The number of hydrogen-bond acceptors (Lipinski definition) is 0. The van der Waals surface area contributed by atoms with Gasteiger partial charge in [0.25, 0.3) is 0 Å². The molecule has 1 rings (SSSR count). The molecule has 0 saturated carbocycles. The summed E-state index contributed by atoms with van der Waals surface area (Å²) in [5.74, 6) is 0. The van der Waals surface area contributed by atoms with Crippen LogP contribution in [-0.2, 0) is 0 Å². The molecule has 0 aliphatic carbocycles. The molecular formula is C10H10Na2. The first-order valence-corrected chi connectivity index (χ1v) is 3.08. The molecule has 0 aromatic heterocycles. The number of aryl methyl sites for hydroxylation is 2. The van der Waals surface area contributed by atoms with Crippen molar-refractivity contribution in [3.63, 3.8) is 0 Å². The van der Waals surface area contributed by atoms with Crippen LogP contribution in [0.25, 0.3) is 0 Å². The van der Waals surface area contributed by atoms with Crippen molar-refractivity contribution in [2.45, 2.75) is 13.8 Å². The summed E-state index contributed by atoms with van der Waals surface area (Å²) in [5, 5.41) is 0. The van der Waals surface area contributed by atoms with E-state index in [-0.39, 0.29) is 59.1 Å². The summed E-state index contributed by atoms with van der Waals surface area (Å²) in [7, 11) is 0. The van der Waals surface area contributed by atoms with Crippen molar-refractivity contribution in [3.8, 4) is 0 Å². The summed E-state index contributed by atoms with van der Waals surface area (Å²) in [6.07, 6.45) is 10.0. The Labute approximate surface area is 120 Å². The van der Waals surface area contributed by atoms with E-state index in [1.807, 2.05) is 0 Å². The van der Waals surface area contributed by atoms with Gasteiger partial charge in [0.05, 0.1) is 0 Å². The van der Waals surface area contributed by atoms with Gasteiger partial charge in [-0.25, -0.2) is 0 Å². The minimum atomic E-state index is 0. The molecule has 0 nitrogen and oxygen atoms in total. The van der Waals surface area contributed by atoms with Crippen molar-refractivity contribution in [3.05, 3.63) is 48.2 Å². The van der Waals surface area contributed by atoms with Crippen molar-refractivity contribution < 1.29 is 59.1 Å². The Morgan fingerprint density at radius 3 is 1.25 bits per heavy atom. The molecule has 0 radical (unpaired) electrons. The fourth-order valence-corrected chi connectivity index (χ4v) is 0.663. The molecule has 2 heteroatoms. The van der Waals surface area contributed by atoms with Gasteiger partial charge in [0.1, 0.15) is 0 Å². The first-order chi connectivity index (χ1) is 4.80. The van der Waals surface area contributed by atoms with Crippen LogP contribution in [0.5, 0.6) is 0 Å². The third-order valence-electron chi connectivity index (χ3n) is 1.43. The second-order valence-corrected chi connectivity index (χ2v) is 2.08. The van der Waals surface area contributed by atoms with Gasteiger partial charge >= 0.3 is 59.1 Å². The van der Waals surface area contributed by atoms with E-state index in [0.29, 0.717) is 0 Å². The molecule has 0 saturated heterocycles. The van der Waals surface area contributed by atoms with Crippen LogP contribution in [0.3, 0.4) is 0 Å². The Bertz CT molecular complexity index is 195. The van der Waals surface area contributed by atoms with Crippen molar-refractivity contribution in [1.82, 2.24) is 0 Å². The van der Waals surface area contributed by atoms with Crippen LogP contribution in [0.2, 0.25) is 0 Å². The maximum Gasteiger partial charge on any atom is 1.00 e. The third-order valence-corrected chi connectivity index (χ3v) is 1.43. The summed E-state index contributed by atoms with van der Waals surface area (Å²) in [6, 6.07) is 8.36. The zero-order valence-electron chi connectivity index (χ0n) is 8.31. The standard InChI is InChI=1S/C8H10.C2.2Na/c1-7-5-3-4-6-8(7)2;1-2;;/h3-6H,1-2H3;;;/q;-2;2*+1. The molecule has 1 aromatic carbocycles. The zero-order chi connectivity index (χ0) is 7.98. The van der Waals surface area contributed by atoms with E-state index in [4.69, 9.17) is 12.8 Å². The van der Waals surface area contributed by atoms with Crippen molar-refractivity contribution in [2.75, 3.05) is 0 Å². The fourth-order valence-electron chi connectivity index (χ4n) is 0.663. The van der Waals surface area contributed by atoms with Gasteiger partial charge in [-0.3, -0.25) is 0 Å². The van der Waals surface area contributed by atoms with Gasteiger partial charge in [0.15, 0.2) is 0 Å². The van der Waals surface area contributed by atoms with Crippen LogP contribution in [0.1, 0.15) is 11.1 Å². The van der Waals surface area contributed by atoms with Gasteiger partial charge in [-0.1, -0.05) is 24.3 Å². The molecule has 0 heterocycles. The molecule has 12 heavy (non-hydrogen) atoms. The van der Waals surface area contributed by atoms with E-state index in [2.05, 4.69) is 38.1 Å². The van der Waals surface area contributed by atoms with E-state index in [1.54, 1.807) is 0 Å². The largest absolute Gasteiger partial charge is 1.00 e. The second-order valence-electron chi connectivity index (χ2n) is 2.08. The smallest absolute Gasteiger partial charge is 1.00 e. The number of benzene rings is 1. The number of rotatable bonds is 0. The van der Waals surface area contributed by atoms with Gasteiger partial charge in [-0.15, -0.1) is 0 Å². The molecule has 52 valence electrons. The van der Waals surface area contributed by atoms with Crippen LogP contribution in [0.15, 0.2) is 24.3 Å². The summed E-state index contributed by atoms with van der Waals surface area (Å²) >= 11 is 0. The Kier molecular flexibility index (Phi) is 18.2. The molecule has 0 N–H and O–H groups in total. The van der Waals surface area contributed by atoms with Crippen LogP contribution >= 0.6 is 0 Å². The minimum absolute atomic E-state index is 0. The molecule has 0 unspecified atom stereocenters. The molecule has 1 aromatic rings. The van der Waals surface area contributed by atoms with Gasteiger partial charge in [0, 0.05) is 0 Å². The van der Waals surface area contributed by atoms with Crippen LogP contribution < -0.4 is 59.1 Å². The third kappa shape index (κ3) is 7.43. The number of hydrogen-bond donors (Lipinski definition) is 0. The van der Waals surface area contributed by atoms with Crippen LogP contribution in [0, 0.1) is 26.7 Å². The Morgan fingerprint density at radius 2 is 1.08 bits per heavy atom. The van der Waals surface area contributed by atoms with Crippen molar-refractivity contribution in [1.29, 1.82) is 0 Å². The first kappa shape index (κ1) is 18.5. The minimum Gasteiger partial charge on any atom is -1.00 e. The predicted octanol–water partition coefficient (Wildman–Crippen LogP) is -3.53.